The predicted octanol–water partition coefficient (Wildman–Crippen LogP) is 2.65. The smallest absolute Gasteiger partial charge is 0.273 e. The molecule has 0 saturated heterocycles. The van der Waals surface area contributed by atoms with Gasteiger partial charge in [0, 0.05) is 18.4 Å². The van der Waals surface area contributed by atoms with Crippen molar-refractivity contribution >= 4 is 28.9 Å². The molecular weight excluding hydrogens is 260 g/mol. The Morgan fingerprint density at radius 1 is 1.44 bits per heavy atom. The van der Waals surface area contributed by atoms with E-state index in [1.54, 1.807) is 0 Å². The molecule has 0 heterocycles. The van der Waals surface area contributed by atoms with Crippen LogP contribution < -0.4 is 5.32 Å². The summed E-state index contributed by atoms with van der Waals surface area (Å²) in [4.78, 5) is 21.3. The van der Waals surface area contributed by atoms with Crippen molar-refractivity contribution in [2.75, 3.05) is 11.2 Å². The first-order valence-corrected chi connectivity index (χ1v) is 5.91. The molecule has 98 valence electrons. The normalized spacial score (nSPS) is 10.1. The van der Waals surface area contributed by atoms with Gasteiger partial charge < -0.3 is 10.4 Å². The fourth-order valence-electron chi connectivity index (χ4n) is 1.33. The van der Waals surface area contributed by atoms with Crippen LogP contribution >= 0.6 is 11.6 Å². The minimum atomic E-state index is -0.619. The molecule has 0 radical (unpaired) electrons. The molecule has 7 heteroatoms. The first-order valence-electron chi connectivity index (χ1n) is 5.38. The fraction of sp³-hybridized carbons (Fsp3) is 0.364. The number of carbonyl (C=O) groups is 1. The number of nitro groups is 1. The van der Waals surface area contributed by atoms with E-state index in [9.17, 15) is 20.0 Å². The Bertz CT molecular complexity index is 451. The van der Waals surface area contributed by atoms with E-state index in [0.29, 0.717) is 18.7 Å². The first kappa shape index (κ1) is 14.2. The van der Waals surface area contributed by atoms with Gasteiger partial charge in [-0.25, -0.2) is 0 Å². The van der Waals surface area contributed by atoms with Gasteiger partial charge in [0.2, 0.25) is 5.91 Å². The van der Waals surface area contributed by atoms with Crippen molar-refractivity contribution < 1.29 is 14.8 Å². The van der Waals surface area contributed by atoms with Gasteiger partial charge in [0.1, 0.15) is 5.75 Å². The van der Waals surface area contributed by atoms with Gasteiger partial charge in [0.05, 0.1) is 16.7 Å². The van der Waals surface area contributed by atoms with Crippen molar-refractivity contribution in [2.45, 2.75) is 19.3 Å². The lowest BCUT2D eigenvalue weighted by molar-refractivity contribution is -0.384. The van der Waals surface area contributed by atoms with Crippen LogP contribution in [0.4, 0.5) is 11.4 Å². The van der Waals surface area contributed by atoms with Gasteiger partial charge in [-0.05, 0) is 18.9 Å². The van der Waals surface area contributed by atoms with Crippen molar-refractivity contribution in [1.29, 1.82) is 0 Å². The van der Waals surface area contributed by atoms with E-state index in [2.05, 4.69) is 5.32 Å². The Kier molecular flexibility index (Phi) is 5.38. The summed E-state index contributed by atoms with van der Waals surface area (Å²) in [5, 5.41) is 22.5. The summed E-state index contributed by atoms with van der Waals surface area (Å²) in [7, 11) is 0. The molecule has 0 fully saturated rings. The molecule has 0 atom stereocenters. The number of alkyl halides is 1. The first-order chi connectivity index (χ1) is 8.54. The molecule has 0 aromatic heterocycles. The Balaban J connectivity index is 2.62. The van der Waals surface area contributed by atoms with Crippen LogP contribution in [0.3, 0.4) is 0 Å². The number of rotatable bonds is 6. The summed E-state index contributed by atoms with van der Waals surface area (Å²) in [6.45, 7) is 0. The summed E-state index contributed by atoms with van der Waals surface area (Å²) < 4.78 is 0. The van der Waals surface area contributed by atoms with Crippen molar-refractivity contribution in [1.82, 2.24) is 0 Å². The Morgan fingerprint density at radius 2 is 2.17 bits per heavy atom. The van der Waals surface area contributed by atoms with E-state index in [1.165, 1.54) is 12.1 Å². The number of hydrogen-bond donors (Lipinski definition) is 2. The number of non-ortho nitro benzene ring substituents is 1. The number of aromatic hydroxyl groups is 1. The van der Waals surface area contributed by atoms with Crippen LogP contribution in [0.2, 0.25) is 0 Å². The number of anilines is 1. The maximum atomic E-state index is 11.5. The minimum Gasteiger partial charge on any atom is -0.506 e. The number of unbranched alkanes of at least 4 members (excludes halogenated alkanes) is 1. The third kappa shape index (κ3) is 4.21. The van der Waals surface area contributed by atoms with Crippen LogP contribution in [-0.4, -0.2) is 21.8 Å². The highest BCUT2D eigenvalue weighted by molar-refractivity contribution is 6.17. The zero-order valence-electron chi connectivity index (χ0n) is 9.56. The molecule has 0 bridgehead atoms. The third-order valence-corrected chi connectivity index (χ3v) is 2.52. The molecule has 6 nitrogen and oxygen atoms in total. The number of halogens is 1. The summed E-state index contributed by atoms with van der Waals surface area (Å²) in [6, 6.07) is 3.51. The predicted molar refractivity (Wildman–Crippen MR) is 68.0 cm³/mol. The lowest BCUT2D eigenvalue weighted by atomic mass is 10.2. The summed E-state index contributed by atoms with van der Waals surface area (Å²) in [6.07, 6.45) is 1.69. The number of nitrogens with zero attached hydrogens (tertiary/aromatic N) is 1. The number of amides is 1. The van der Waals surface area contributed by atoms with Crippen LogP contribution in [0.25, 0.3) is 0 Å². The number of nitrogens with one attached hydrogen (secondary N) is 1. The van der Waals surface area contributed by atoms with E-state index < -0.39 is 4.92 Å². The second kappa shape index (κ2) is 6.80. The van der Waals surface area contributed by atoms with Crippen LogP contribution in [0.1, 0.15) is 19.3 Å². The minimum absolute atomic E-state index is 0.163. The van der Waals surface area contributed by atoms with Crippen LogP contribution in [0.15, 0.2) is 18.2 Å². The second-order valence-electron chi connectivity index (χ2n) is 3.65. The molecule has 1 aromatic carbocycles. The Labute approximate surface area is 109 Å². The lowest BCUT2D eigenvalue weighted by Crippen LogP contribution is -2.11. The molecule has 0 spiro atoms. The SMILES string of the molecule is O=C(CCCCCl)Nc1ccc([N+](=O)[O-])cc1O. The molecule has 1 amide bonds. The topological polar surface area (TPSA) is 92.5 Å². The maximum Gasteiger partial charge on any atom is 0.273 e. The van der Waals surface area contributed by atoms with E-state index >= 15 is 0 Å². The van der Waals surface area contributed by atoms with E-state index in [0.717, 1.165) is 12.5 Å². The zero-order chi connectivity index (χ0) is 13.5. The van der Waals surface area contributed by atoms with Gasteiger partial charge in [-0.15, -0.1) is 11.6 Å². The Morgan fingerprint density at radius 3 is 2.72 bits per heavy atom. The van der Waals surface area contributed by atoms with E-state index in [-0.39, 0.29) is 23.0 Å². The fourth-order valence-corrected chi connectivity index (χ4v) is 1.52. The van der Waals surface area contributed by atoms with E-state index in [1.807, 2.05) is 0 Å². The highest BCUT2D eigenvalue weighted by Gasteiger charge is 2.11. The molecule has 0 unspecified atom stereocenters. The third-order valence-electron chi connectivity index (χ3n) is 2.25. The molecule has 0 aliphatic carbocycles. The quantitative estimate of drug-likeness (QED) is 0.274. The van der Waals surface area contributed by atoms with Crippen LogP contribution in [0.5, 0.6) is 5.75 Å². The van der Waals surface area contributed by atoms with Crippen molar-refractivity contribution in [3.05, 3.63) is 28.3 Å². The van der Waals surface area contributed by atoms with Gasteiger partial charge in [-0.1, -0.05) is 0 Å². The molecule has 1 rings (SSSR count). The average molecular weight is 273 g/mol. The van der Waals surface area contributed by atoms with Gasteiger partial charge in [0.25, 0.3) is 5.69 Å². The number of phenols is 1. The molecular formula is C11H13ClN2O4. The largest absolute Gasteiger partial charge is 0.506 e. The molecule has 0 aliphatic rings. The monoisotopic (exact) mass is 272 g/mol. The number of nitro benzene ring substituents is 1. The molecule has 2 N–H and O–H groups in total. The van der Waals surface area contributed by atoms with Crippen molar-refractivity contribution in [3.63, 3.8) is 0 Å². The van der Waals surface area contributed by atoms with Crippen LogP contribution in [0, 0.1) is 10.1 Å². The van der Waals surface area contributed by atoms with E-state index in [4.69, 9.17) is 11.6 Å². The molecule has 18 heavy (non-hydrogen) atoms. The van der Waals surface area contributed by atoms with Gasteiger partial charge in [-0.3, -0.25) is 14.9 Å². The van der Waals surface area contributed by atoms with Gasteiger partial charge >= 0.3 is 0 Å². The number of hydrogen-bond acceptors (Lipinski definition) is 4. The summed E-state index contributed by atoms with van der Waals surface area (Å²) in [5.74, 6) is -0.0880. The number of phenolic OH excluding ortho intramolecular Hbond substituents is 1. The summed E-state index contributed by atoms with van der Waals surface area (Å²) >= 11 is 5.48. The van der Waals surface area contributed by atoms with Gasteiger partial charge in [0.15, 0.2) is 0 Å². The highest BCUT2D eigenvalue weighted by Crippen LogP contribution is 2.27. The zero-order valence-corrected chi connectivity index (χ0v) is 10.3. The maximum absolute atomic E-state index is 11.5. The number of benzene rings is 1. The molecule has 0 aliphatic heterocycles. The molecule has 0 saturated carbocycles. The van der Waals surface area contributed by atoms with Crippen molar-refractivity contribution in [3.8, 4) is 5.75 Å². The highest BCUT2D eigenvalue weighted by atomic mass is 35.5. The number of carbonyl (C=O) groups excluding carboxylic acids is 1. The second-order valence-corrected chi connectivity index (χ2v) is 4.03. The standard InChI is InChI=1S/C11H13ClN2O4/c12-6-2-1-3-11(16)13-9-5-4-8(14(17)18)7-10(9)15/h4-5,7,15H,1-3,6H2,(H,13,16). The van der Waals surface area contributed by atoms with Crippen LogP contribution in [-0.2, 0) is 4.79 Å². The lowest BCUT2D eigenvalue weighted by Gasteiger charge is -2.06. The van der Waals surface area contributed by atoms with Gasteiger partial charge in [-0.2, -0.15) is 0 Å². The van der Waals surface area contributed by atoms with Crippen molar-refractivity contribution in [2.24, 2.45) is 0 Å². The summed E-state index contributed by atoms with van der Waals surface area (Å²) in [5.41, 5.74) is -0.0656. The molecule has 1 aromatic rings. The average Bonchev–Trinajstić information content (AvgIpc) is 2.32. The Hall–Kier alpha value is -1.82.